The van der Waals surface area contributed by atoms with E-state index in [0.29, 0.717) is 19.4 Å². The number of ether oxygens (including phenoxy) is 1. The molecule has 1 aliphatic rings. The molecule has 0 aromatic carbocycles. The van der Waals surface area contributed by atoms with Crippen LogP contribution in [0.1, 0.15) is 19.8 Å². The summed E-state index contributed by atoms with van der Waals surface area (Å²) < 4.78 is 28.3. The van der Waals surface area contributed by atoms with Crippen molar-refractivity contribution >= 4 is 9.84 Å². The second kappa shape index (κ2) is 4.59. The number of rotatable bonds is 4. The molecule has 84 valence electrons. The predicted octanol–water partition coefficient (Wildman–Crippen LogP) is 0.190. The Morgan fingerprint density at radius 2 is 1.93 bits per heavy atom. The van der Waals surface area contributed by atoms with Gasteiger partial charge < -0.3 is 10.1 Å². The summed E-state index contributed by atoms with van der Waals surface area (Å²) in [6.07, 6.45) is 1.33. The van der Waals surface area contributed by atoms with Crippen molar-refractivity contribution in [3.8, 4) is 0 Å². The zero-order valence-electron chi connectivity index (χ0n) is 8.88. The number of hydrogen-bond donors (Lipinski definition) is 1. The molecule has 0 saturated carbocycles. The maximum Gasteiger partial charge on any atom is 0.158 e. The molecular formula is C9H19NO3S. The Morgan fingerprint density at radius 1 is 1.36 bits per heavy atom. The highest BCUT2D eigenvalue weighted by Gasteiger charge is 2.43. The molecule has 0 bridgehead atoms. The molecule has 0 aliphatic carbocycles. The summed E-state index contributed by atoms with van der Waals surface area (Å²) in [7, 11) is -1.45. The van der Waals surface area contributed by atoms with Gasteiger partial charge in [0.05, 0.1) is 11.4 Å². The fourth-order valence-corrected chi connectivity index (χ4v) is 3.73. The second-order valence-corrected chi connectivity index (χ2v) is 6.44. The summed E-state index contributed by atoms with van der Waals surface area (Å²) >= 11 is 0. The molecule has 0 radical (unpaired) electrons. The highest BCUT2D eigenvalue weighted by atomic mass is 32.2. The minimum absolute atomic E-state index is 0.205. The average Bonchev–Trinajstić information content (AvgIpc) is 2.19. The first-order valence-electron chi connectivity index (χ1n) is 5.00. The fraction of sp³-hybridized carbons (Fsp3) is 1.00. The molecule has 0 unspecified atom stereocenters. The maximum absolute atomic E-state index is 12.0. The Labute approximate surface area is 85.9 Å². The lowest BCUT2D eigenvalue weighted by Gasteiger charge is -2.36. The molecule has 4 nitrogen and oxygen atoms in total. The van der Waals surface area contributed by atoms with Crippen LogP contribution in [0.15, 0.2) is 0 Å². The first-order valence-corrected chi connectivity index (χ1v) is 6.65. The molecular weight excluding hydrogens is 202 g/mol. The molecule has 0 spiro atoms. The molecule has 0 aromatic rings. The summed E-state index contributed by atoms with van der Waals surface area (Å²) in [4.78, 5) is 0. The molecule has 1 saturated heterocycles. The third kappa shape index (κ3) is 2.10. The Balaban J connectivity index is 2.91. The minimum atomic E-state index is -3.01. The van der Waals surface area contributed by atoms with Crippen molar-refractivity contribution in [2.75, 3.05) is 32.6 Å². The molecule has 0 amide bonds. The molecule has 1 N–H and O–H groups in total. The summed E-state index contributed by atoms with van der Waals surface area (Å²) in [5, 5.41) is 3.17. The van der Waals surface area contributed by atoms with Gasteiger partial charge in [-0.2, -0.15) is 0 Å². The van der Waals surface area contributed by atoms with Gasteiger partial charge in [0, 0.05) is 12.9 Å². The lowest BCUT2D eigenvalue weighted by molar-refractivity contribution is 0.147. The zero-order valence-corrected chi connectivity index (χ0v) is 9.69. The van der Waals surface area contributed by atoms with E-state index < -0.39 is 14.6 Å². The average molecular weight is 221 g/mol. The highest BCUT2D eigenvalue weighted by Crippen LogP contribution is 2.29. The van der Waals surface area contributed by atoms with Gasteiger partial charge in [0.15, 0.2) is 9.84 Å². The fourth-order valence-electron chi connectivity index (χ4n) is 2.00. The van der Waals surface area contributed by atoms with Gasteiger partial charge in [-0.15, -0.1) is 0 Å². The van der Waals surface area contributed by atoms with Crippen LogP contribution in [0.5, 0.6) is 0 Å². The van der Waals surface area contributed by atoms with Crippen LogP contribution in [-0.2, 0) is 14.6 Å². The van der Waals surface area contributed by atoms with E-state index >= 15 is 0 Å². The number of sulfone groups is 1. The molecule has 14 heavy (non-hydrogen) atoms. The van der Waals surface area contributed by atoms with Crippen molar-refractivity contribution < 1.29 is 13.2 Å². The van der Waals surface area contributed by atoms with Crippen molar-refractivity contribution in [1.29, 1.82) is 0 Å². The number of piperidine rings is 1. The first-order chi connectivity index (χ1) is 6.58. The van der Waals surface area contributed by atoms with Crippen LogP contribution >= 0.6 is 0 Å². The SMILES string of the molecule is CCS(=O)(=O)C1(COC)CCNCC1. The van der Waals surface area contributed by atoms with Gasteiger partial charge in [-0.05, 0) is 25.9 Å². The molecule has 1 rings (SSSR count). The van der Waals surface area contributed by atoms with E-state index in [1.807, 2.05) is 0 Å². The summed E-state index contributed by atoms with van der Waals surface area (Å²) in [5.74, 6) is 0.205. The quantitative estimate of drug-likeness (QED) is 0.736. The van der Waals surface area contributed by atoms with Crippen LogP contribution in [0.2, 0.25) is 0 Å². The van der Waals surface area contributed by atoms with E-state index in [2.05, 4.69) is 5.32 Å². The number of hydrogen-bond acceptors (Lipinski definition) is 4. The van der Waals surface area contributed by atoms with Crippen LogP contribution in [0.3, 0.4) is 0 Å². The predicted molar refractivity (Wildman–Crippen MR) is 56.2 cm³/mol. The molecule has 5 heteroatoms. The van der Waals surface area contributed by atoms with Gasteiger partial charge in [0.1, 0.15) is 0 Å². The Hall–Kier alpha value is -0.130. The van der Waals surface area contributed by atoms with Crippen LogP contribution in [-0.4, -0.2) is 45.7 Å². The van der Waals surface area contributed by atoms with Crippen LogP contribution in [0.4, 0.5) is 0 Å². The van der Waals surface area contributed by atoms with Gasteiger partial charge in [-0.1, -0.05) is 6.92 Å². The summed E-state index contributed by atoms with van der Waals surface area (Å²) in [5.41, 5.74) is 0. The molecule has 0 aromatic heterocycles. The third-order valence-corrected chi connectivity index (χ3v) is 5.57. The van der Waals surface area contributed by atoms with Crippen LogP contribution in [0, 0.1) is 0 Å². The molecule has 1 aliphatic heterocycles. The lowest BCUT2D eigenvalue weighted by atomic mass is 9.98. The van der Waals surface area contributed by atoms with E-state index in [1.54, 1.807) is 14.0 Å². The minimum Gasteiger partial charge on any atom is -0.383 e. The summed E-state index contributed by atoms with van der Waals surface area (Å²) in [6, 6.07) is 0. The largest absolute Gasteiger partial charge is 0.383 e. The topological polar surface area (TPSA) is 55.4 Å². The third-order valence-electron chi connectivity index (χ3n) is 2.96. The van der Waals surface area contributed by atoms with Gasteiger partial charge >= 0.3 is 0 Å². The van der Waals surface area contributed by atoms with Crippen LogP contribution in [0.25, 0.3) is 0 Å². The van der Waals surface area contributed by atoms with E-state index in [9.17, 15) is 8.42 Å². The van der Waals surface area contributed by atoms with Crippen molar-refractivity contribution in [1.82, 2.24) is 5.32 Å². The zero-order chi connectivity index (χ0) is 10.7. The first kappa shape index (κ1) is 11.9. The summed E-state index contributed by atoms with van der Waals surface area (Å²) in [6.45, 7) is 3.56. The smallest absolute Gasteiger partial charge is 0.158 e. The van der Waals surface area contributed by atoms with E-state index in [1.165, 1.54) is 0 Å². The normalized spacial score (nSPS) is 22.1. The van der Waals surface area contributed by atoms with Gasteiger partial charge in [-0.3, -0.25) is 0 Å². The van der Waals surface area contributed by atoms with Gasteiger partial charge in [0.2, 0.25) is 0 Å². The maximum atomic E-state index is 12.0. The van der Waals surface area contributed by atoms with Gasteiger partial charge in [-0.25, -0.2) is 8.42 Å². The molecule has 1 heterocycles. The molecule has 1 fully saturated rings. The van der Waals surface area contributed by atoms with Crippen LogP contribution < -0.4 is 5.32 Å². The highest BCUT2D eigenvalue weighted by molar-refractivity contribution is 7.92. The monoisotopic (exact) mass is 221 g/mol. The van der Waals surface area contributed by atoms with E-state index in [4.69, 9.17) is 4.74 Å². The number of methoxy groups -OCH3 is 1. The van der Waals surface area contributed by atoms with E-state index in [-0.39, 0.29) is 5.75 Å². The van der Waals surface area contributed by atoms with E-state index in [0.717, 1.165) is 13.1 Å². The van der Waals surface area contributed by atoms with Crippen molar-refractivity contribution in [3.05, 3.63) is 0 Å². The molecule has 0 atom stereocenters. The Morgan fingerprint density at radius 3 is 2.36 bits per heavy atom. The van der Waals surface area contributed by atoms with Crippen molar-refractivity contribution in [2.45, 2.75) is 24.5 Å². The van der Waals surface area contributed by atoms with Crippen molar-refractivity contribution in [3.63, 3.8) is 0 Å². The van der Waals surface area contributed by atoms with Gasteiger partial charge in [0.25, 0.3) is 0 Å². The Bertz CT molecular complexity index is 262. The Kier molecular flexibility index (Phi) is 3.92. The van der Waals surface area contributed by atoms with Crippen molar-refractivity contribution in [2.24, 2.45) is 0 Å². The second-order valence-electron chi connectivity index (χ2n) is 3.77. The lowest BCUT2D eigenvalue weighted by Crippen LogP contribution is -2.51. The number of nitrogens with one attached hydrogen (secondary N) is 1. The standard InChI is InChI=1S/C9H19NO3S/c1-3-14(11,12)9(8-13-2)4-6-10-7-5-9/h10H,3-8H2,1-2H3.